The highest BCUT2D eigenvalue weighted by atomic mass is 35.5. The molecule has 1 heterocycles. The normalized spacial score (nSPS) is 12.1. The molecule has 3 aromatic rings. The monoisotopic (exact) mass is 527 g/mol. The molecule has 0 fully saturated rings. The van der Waals surface area contributed by atoms with E-state index < -0.39 is 49.4 Å². The number of aromatic carboxylic acids is 1. The van der Waals surface area contributed by atoms with Gasteiger partial charge in [-0.15, -0.1) is 0 Å². The van der Waals surface area contributed by atoms with E-state index in [0.717, 1.165) is 12.1 Å². The highest BCUT2D eigenvalue weighted by molar-refractivity contribution is 7.92. The standard InChI is InChI=1S/C23H21ClF3N3O4S/c1-12(2)10-14-7-4-6-13(3)17(14)19-18(23(25,26)27)20(24)29-22(28-19)30-35(33,34)16-9-5-8-15(11-16)21(31)32/h4-9,11-12H,10H2,1-3H3,(H,31,32)(H,28,29,30). The smallest absolute Gasteiger partial charge is 0.421 e. The number of carboxylic acids is 1. The van der Waals surface area contributed by atoms with Gasteiger partial charge < -0.3 is 5.11 Å². The van der Waals surface area contributed by atoms with Gasteiger partial charge in [0.2, 0.25) is 5.95 Å². The van der Waals surface area contributed by atoms with Gasteiger partial charge in [-0.1, -0.05) is 49.7 Å². The average molecular weight is 528 g/mol. The van der Waals surface area contributed by atoms with Gasteiger partial charge in [0.25, 0.3) is 10.0 Å². The Morgan fingerprint density at radius 2 is 1.80 bits per heavy atom. The Morgan fingerprint density at radius 3 is 2.40 bits per heavy atom. The molecule has 12 heteroatoms. The summed E-state index contributed by atoms with van der Waals surface area (Å²) in [5, 5.41) is 8.15. The van der Waals surface area contributed by atoms with Crippen LogP contribution in [-0.4, -0.2) is 29.5 Å². The lowest BCUT2D eigenvalue weighted by atomic mass is 9.91. The first-order valence-electron chi connectivity index (χ1n) is 10.3. The fourth-order valence-corrected chi connectivity index (χ4v) is 4.83. The van der Waals surface area contributed by atoms with Crippen molar-refractivity contribution >= 4 is 33.5 Å². The molecule has 0 saturated heterocycles. The number of halogens is 4. The molecule has 0 saturated carbocycles. The molecule has 2 aromatic carbocycles. The van der Waals surface area contributed by atoms with Crippen LogP contribution in [0.5, 0.6) is 0 Å². The maximum atomic E-state index is 14.0. The number of carbonyl (C=O) groups is 1. The van der Waals surface area contributed by atoms with Crippen molar-refractivity contribution in [2.24, 2.45) is 5.92 Å². The number of carboxylic acid groups (broad SMARTS) is 1. The molecule has 7 nitrogen and oxygen atoms in total. The molecule has 2 N–H and O–H groups in total. The second-order valence-electron chi connectivity index (χ2n) is 8.20. The van der Waals surface area contributed by atoms with Crippen molar-refractivity contribution in [3.63, 3.8) is 0 Å². The first-order chi connectivity index (χ1) is 16.2. The van der Waals surface area contributed by atoms with Crippen LogP contribution in [-0.2, 0) is 22.6 Å². The molecule has 0 spiro atoms. The lowest BCUT2D eigenvalue weighted by Gasteiger charge is -2.20. The Labute approximate surface area is 205 Å². The fourth-order valence-electron chi connectivity index (χ4n) is 3.56. The van der Waals surface area contributed by atoms with Crippen molar-refractivity contribution in [1.82, 2.24) is 9.97 Å². The minimum atomic E-state index is -4.92. The Balaban J connectivity index is 2.21. The third-order valence-corrected chi connectivity index (χ3v) is 6.59. The topological polar surface area (TPSA) is 109 Å². The summed E-state index contributed by atoms with van der Waals surface area (Å²) in [5.74, 6) is -1.92. The SMILES string of the molecule is Cc1cccc(CC(C)C)c1-c1nc(NS(=O)(=O)c2cccc(C(=O)O)c2)nc(Cl)c1C(F)(F)F. The van der Waals surface area contributed by atoms with Crippen LogP contribution in [0, 0.1) is 12.8 Å². The van der Waals surface area contributed by atoms with E-state index in [-0.39, 0.29) is 17.0 Å². The van der Waals surface area contributed by atoms with Crippen molar-refractivity contribution in [3.8, 4) is 11.3 Å². The molecular formula is C23H21ClF3N3O4S. The zero-order valence-electron chi connectivity index (χ0n) is 18.8. The number of benzene rings is 2. The molecule has 0 radical (unpaired) electrons. The van der Waals surface area contributed by atoms with Crippen molar-refractivity contribution in [1.29, 1.82) is 0 Å². The fraction of sp³-hybridized carbons (Fsp3) is 0.261. The van der Waals surface area contributed by atoms with Crippen LogP contribution in [0.3, 0.4) is 0 Å². The maximum Gasteiger partial charge on any atom is 0.421 e. The summed E-state index contributed by atoms with van der Waals surface area (Å²) in [4.78, 5) is 18.2. The molecule has 0 aliphatic carbocycles. The van der Waals surface area contributed by atoms with Gasteiger partial charge in [0.15, 0.2) is 0 Å². The zero-order valence-corrected chi connectivity index (χ0v) is 20.4. The van der Waals surface area contributed by atoms with E-state index in [1.807, 2.05) is 18.6 Å². The predicted molar refractivity (Wildman–Crippen MR) is 125 cm³/mol. The highest BCUT2D eigenvalue weighted by Gasteiger charge is 2.39. The number of hydrogen-bond donors (Lipinski definition) is 2. The van der Waals surface area contributed by atoms with Gasteiger partial charge in [0.1, 0.15) is 10.7 Å². The minimum Gasteiger partial charge on any atom is -0.478 e. The van der Waals surface area contributed by atoms with Gasteiger partial charge in [0.05, 0.1) is 16.2 Å². The molecule has 0 unspecified atom stereocenters. The second kappa shape index (κ2) is 9.82. The first-order valence-corrected chi connectivity index (χ1v) is 12.2. The largest absolute Gasteiger partial charge is 0.478 e. The van der Waals surface area contributed by atoms with E-state index in [1.165, 1.54) is 12.1 Å². The van der Waals surface area contributed by atoms with E-state index in [9.17, 15) is 26.4 Å². The average Bonchev–Trinajstić information content (AvgIpc) is 2.71. The number of alkyl halides is 3. The van der Waals surface area contributed by atoms with Gasteiger partial charge in [-0.2, -0.15) is 18.2 Å². The summed E-state index contributed by atoms with van der Waals surface area (Å²) in [5.41, 5.74) is -0.864. The Hall–Kier alpha value is -3.18. The summed E-state index contributed by atoms with van der Waals surface area (Å²) < 4.78 is 69.8. The van der Waals surface area contributed by atoms with Crippen molar-refractivity contribution < 1.29 is 31.5 Å². The van der Waals surface area contributed by atoms with Crippen LogP contribution in [0.2, 0.25) is 5.15 Å². The molecule has 186 valence electrons. The molecule has 0 aliphatic heterocycles. The van der Waals surface area contributed by atoms with E-state index >= 15 is 0 Å². The summed E-state index contributed by atoms with van der Waals surface area (Å²) in [6.07, 6.45) is -4.48. The summed E-state index contributed by atoms with van der Waals surface area (Å²) in [6, 6.07) is 9.46. The van der Waals surface area contributed by atoms with Gasteiger partial charge in [-0.05, 0) is 48.6 Å². The molecule has 3 rings (SSSR count). The molecule has 0 atom stereocenters. The van der Waals surface area contributed by atoms with Crippen molar-refractivity contribution in [3.05, 3.63) is 69.9 Å². The van der Waals surface area contributed by atoms with E-state index in [1.54, 1.807) is 25.1 Å². The summed E-state index contributed by atoms with van der Waals surface area (Å²) >= 11 is 5.94. The second-order valence-corrected chi connectivity index (χ2v) is 10.2. The number of sulfonamides is 1. The number of aromatic nitrogens is 2. The lowest BCUT2D eigenvalue weighted by Crippen LogP contribution is -2.19. The van der Waals surface area contributed by atoms with Crippen LogP contribution in [0.4, 0.5) is 19.1 Å². The number of nitrogens with one attached hydrogen (secondary N) is 1. The summed E-state index contributed by atoms with van der Waals surface area (Å²) in [7, 11) is -4.45. The third-order valence-electron chi connectivity index (χ3n) is 4.99. The molecule has 0 aliphatic rings. The molecule has 35 heavy (non-hydrogen) atoms. The number of hydrogen-bond acceptors (Lipinski definition) is 5. The Bertz CT molecular complexity index is 1390. The van der Waals surface area contributed by atoms with Crippen LogP contribution in [0.1, 0.15) is 40.9 Å². The van der Waals surface area contributed by atoms with Crippen LogP contribution < -0.4 is 4.72 Å². The van der Waals surface area contributed by atoms with Crippen molar-refractivity contribution in [2.75, 3.05) is 4.72 Å². The number of rotatable bonds is 7. The van der Waals surface area contributed by atoms with E-state index in [4.69, 9.17) is 16.7 Å². The van der Waals surface area contributed by atoms with E-state index in [0.29, 0.717) is 17.5 Å². The van der Waals surface area contributed by atoms with Crippen LogP contribution in [0.15, 0.2) is 47.4 Å². The predicted octanol–water partition coefficient (Wildman–Crippen LogP) is 5.82. The number of anilines is 1. The van der Waals surface area contributed by atoms with Gasteiger partial charge in [0, 0.05) is 5.56 Å². The molecular weight excluding hydrogens is 507 g/mol. The van der Waals surface area contributed by atoms with E-state index in [2.05, 4.69) is 9.97 Å². The van der Waals surface area contributed by atoms with Gasteiger partial charge in [-0.25, -0.2) is 22.9 Å². The number of aryl methyl sites for hydroxylation is 1. The molecule has 0 bridgehead atoms. The molecule has 0 amide bonds. The van der Waals surface area contributed by atoms with Crippen LogP contribution in [0.25, 0.3) is 11.3 Å². The Kier molecular flexibility index (Phi) is 7.42. The zero-order chi connectivity index (χ0) is 26.1. The maximum absolute atomic E-state index is 14.0. The lowest BCUT2D eigenvalue weighted by molar-refractivity contribution is -0.137. The number of nitrogens with zero attached hydrogens (tertiary/aromatic N) is 2. The molecule has 1 aromatic heterocycles. The van der Waals surface area contributed by atoms with Gasteiger partial charge in [-0.3, -0.25) is 0 Å². The van der Waals surface area contributed by atoms with Crippen molar-refractivity contribution in [2.45, 2.75) is 38.3 Å². The Morgan fingerprint density at radius 1 is 1.14 bits per heavy atom. The van der Waals surface area contributed by atoms with Crippen LogP contribution >= 0.6 is 11.6 Å². The quantitative estimate of drug-likeness (QED) is 0.375. The third kappa shape index (κ3) is 5.91. The van der Waals surface area contributed by atoms with Gasteiger partial charge >= 0.3 is 12.1 Å². The first kappa shape index (κ1) is 26.4. The minimum absolute atomic E-state index is 0.113. The highest BCUT2D eigenvalue weighted by Crippen LogP contribution is 2.42. The summed E-state index contributed by atoms with van der Waals surface area (Å²) in [6.45, 7) is 5.44.